The second kappa shape index (κ2) is 7.42. The maximum atomic E-state index is 13.2. The highest BCUT2D eigenvalue weighted by atomic mass is 16.3. The average Bonchev–Trinajstić information content (AvgIpc) is 3.33. The number of hydrogen-bond donors (Lipinski definition) is 3. The van der Waals surface area contributed by atoms with E-state index in [1.165, 1.54) is 11.0 Å². The maximum Gasteiger partial charge on any atom is 0.300 e. The number of carbonyl (C=O) groups is 2. The molecule has 1 fully saturated rings. The van der Waals surface area contributed by atoms with Crippen LogP contribution in [-0.4, -0.2) is 26.9 Å². The predicted molar refractivity (Wildman–Crippen MR) is 122 cm³/mol. The number of ketones is 1. The molecule has 1 amide bonds. The third kappa shape index (κ3) is 2.96. The Kier molecular flexibility index (Phi) is 4.56. The number of rotatable bonds is 3. The van der Waals surface area contributed by atoms with Crippen molar-refractivity contribution in [3.63, 3.8) is 0 Å². The third-order valence-corrected chi connectivity index (χ3v) is 5.79. The molecule has 0 saturated carbocycles. The zero-order chi connectivity index (χ0) is 22.4. The molecule has 5 rings (SSSR count). The fraction of sp³-hybridized carbons (Fsp3) is 0.0769. The summed E-state index contributed by atoms with van der Waals surface area (Å²) in [6, 6.07) is 20.3. The van der Waals surface area contributed by atoms with Gasteiger partial charge in [0.15, 0.2) is 0 Å². The molecular weight excluding hydrogens is 404 g/mol. The van der Waals surface area contributed by atoms with E-state index >= 15 is 0 Å². The molecule has 1 aliphatic heterocycles. The molecule has 1 saturated heterocycles. The number of hydrogen-bond acceptors (Lipinski definition) is 4. The highest BCUT2D eigenvalue weighted by Gasteiger charge is 2.47. The number of phenolic OH excluding ortho intramolecular Hbond substituents is 1. The van der Waals surface area contributed by atoms with Gasteiger partial charge in [0.25, 0.3) is 11.7 Å². The van der Waals surface area contributed by atoms with E-state index in [-0.39, 0.29) is 22.8 Å². The molecule has 0 bridgehead atoms. The molecule has 32 heavy (non-hydrogen) atoms. The van der Waals surface area contributed by atoms with Gasteiger partial charge >= 0.3 is 0 Å². The van der Waals surface area contributed by atoms with Crippen LogP contribution in [0.2, 0.25) is 0 Å². The molecule has 1 aliphatic rings. The lowest BCUT2D eigenvalue weighted by Crippen LogP contribution is -2.29. The first-order valence-electron chi connectivity index (χ1n) is 10.2. The number of aromatic hydroxyl groups is 1. The van der Waals surface area contributed by atoms with E-state index in [1.807, 2.05) is 49.4 Å². The molecule has 2 heterocycles. The Balaban J connectivity index is 1.79. The van der Waals surface area contributed by atoms with Crippen LogP contribution in [0.25, 0.3) is 16.7 Å². The Labute approximate surface area is 184 Å². The van der Waals surface area contributed by atoms with Crippen molar-refractivity contribution in [3.05, 3.63) is 101 Å². The van der Waals surface area contributed by atoms with Crippen molar-refractivity contribution in [2.75, 3.05) is 4.90 Å². The number of aromatic nitrogens is 1. The standard InChI is InChI=1S/C26H20N2O4/c1-15-7-6-8-16(13-15)23-22(24(30)18-14-27-19-10-3-2-9-17(18)19)25(31)26(32)28(23)20-11-4-5-12-21(20)29/h2-14,23,27,29-30H,1H3/b24-22-. The molecule has 0 radical (unpaired) electrons. The topological polar surface area (TPSA) is 93.6 Å². The Bertz CT molecular complexity index is 1420. The summed E-state index contributed by atoms with van der Waals surface area (Å²) in [7, 11) is 0. The first-order valence-corrected chi connectivity index (χ1v) is 10.2. The number of H-pyrrole nitrogens is 1. The van der Waals surface area contributed by atoms with Crippen molar-refractivity contribution in [2.45, 2.75) is 13.0 Å². The van der Waals surface area contributed by atoms with Crippen LogP contribution in [0.1, 0.15) is 22.7 Å². The van der Waals surface area contributed by atoms with E-state index in [9.17, 15) is 19.8 Å². The van der Waals surface area contributed by atoms with Crippen LogP contribution < -0.4 is 4.90 Å². The van der Waals surface area contributed by atoms with E-state index in [2.05, 4.69) is 4.98 Å². The Morgan fingerprint density at radius 3 is 2.50 bits per heavy atom. The van der Waals surface area contributed by atoms with Crippen LogP contribution in [-0.2, 0) is 9.59 Å². The molecule has 0 aliphatic carbocycles. The van der Waals surface area contributed by atoms with Gasteiger partial charge < -0.3 is 15.2 Å². The molecular formula is C26H20N2O4. The summed E-state index contributed by atoms with van der Waals surface area (Å²) in [5.41, 5.74) is 3.03. The van der Waals surface area contributed by atoms with Crippen molar-refractivity contribution in [1.29, 1.82) is 0 Å². The molecule has 1 unspecified atom stereocenters. The number of fused-ring (bicyclic) bond motifs is 1. The minimum absolute atomic E-state index is 0.0198. The molecule has 3 N–H and O–H groups in total. The zero-order valence-electron chi connectivity index (χ0n) is 17.2. The summed E-state index contributed by atoms with van der Waals surface area (Å²) < 4.78 is 0. The van der Waals surface area contributed by atoms with E-state index in [0.717, 1.165) is 16.5 Å². The van der Waals surface area contributed by atoms with Crippen LogP contribution in [0.4, 0.5) is 5.69 Å². The van der Waals surface area contributed by atoms with Gasteiger partial charge in [-0.05, 0) is 30.7 Å². The van der Waals surface area contributed by atoms with E-state index in [0.29, 0.717) is 11.1 Å². The van der Waals surface area contributed by atoms with E-state index < -0.39 is 17.7 Å². The lowest BCUT2D eigenvalue weighted by atomic mass is 9.94. The van der Waals surface area contributed by atoms with Crippen LogP contribution in [0, 0.1) is 6.92 Å². The van der Waals surface area contributed by atoms with Gasteiger partial charge in [-0.25, -0.2) is 0 Å². The number of anilines is 1. The van der Waals surface area contributed by atoms with Gasteiger partial charge in [0.1, 0.15) is 11.5 Å². The van der Waals surface area contributed by atoms with Crippen molar-refractivity contribution >= 4 is 34.0 Å². The molecule has 0 spiro atoms. The molecule has 4 aromatic rings. The predicted octanol–water partition coefficient (Wildman–Crippen LogP) is 4.81. The number of Topliss-reactive ketones (excluding diaryl/α,β-unsaturated/α-hetero) is 1. The van der Waals surface area contributed by atoms with Crippen molar-refractivity contribution in [1.82, 2.24) is 4.98 Å². The van der Waals surface area contributed by atoms with Gasteiger partial charge in [-0.1, -0.05) is 60.2 Å². The molecule has 158 valence electrons. The van der Waals surface area contributed by atoms with E-state index in [4.69, 9.17) is 0 Å². The summed E-state index contributed by atoms with van der Waals surface area (Å²) in [6.45, 7) is 1.91. The lowest BCUT2D eigenvalue weighted by molar-refractivity contribution is -0.132. The fourth-order valence-electron chi connectivity index (χ4n) is 4.32. The van der Waals surface area contributed by atoms with Crippen LogP contribution in [0.5, 0.6) is 5.75 Å². The largest absolute Gasteiger partial charge is 0.507 e. The number of amides is 1. The number of carbonyl (C=O) groups excluding carboxylic acids is 2. The second-order valence-corrected chi connectivity index (χ2v) is 7.82. The number of aliphatic hydroxyl groups is 1. The van der Waals surface area contributed by atoms with Gasteiger partial charge in [-0.15, -0.1) is 0 Å². The monoisotopic (exact) mass is 424 g/mol. The molecule has 3 aromatic carbocycles. The number of aromatic amines is 1. The SMILES string of the molecule is Cc1cccc(C2/C(=C(/O)c3c[nH]c4ccccc34)C(=O)C(=O)N2c2ccccc2O)c1. The number of nitrogens with one attached hydrogen (secondary N) is 1. The minimum atomic E-state index is -0.892. The molecule has 1 aromatic heterocycles. The summed E-state index contributed by atoms with van der Waals surface area (Å²) in [6.07, 6.45) is 1.63. The highest BCUT2D eigenvalue weighted by molar-refractivity contribution is 6.52. The Morgan fingerprint density at radius 1 is 0.969 bits per heavy atom. The number of aryl methyl sites for hydroxylation is 1. The first kappa shape index (κ1) is 19.6. The zero-order valence-corrected chi connectivity index (χ0v) is 17.2. The van der Waals surface area contributed by atoms with Gasteiger partial charge in [-0.3, -0.25) is 14.5 Å². The normalized spacial score (nSPS) is 17.9. The van der Waals surface area contributed by atoms with Crippen LogP contribution in [0.15, 0.2) is 84.6 Å². The van der Waals surface area contributed by atoms with E-state index in [1.54, 1.807) is 30.5 Å². The molecule has 1 atom stereocenters. The van der Waals surface area contributed by atoms with Crippen molar-refractivity contribution in [2.24, 2.45) is 0 Å². The highest BCUT2D eigenvalue weighted by Crippen LogP contribution is 2.45. The first-order chi connectivity index (χ1) is 15.5. The Hall–Kier alpha value is -4.32. The van der Waals surface area contributed by atoms with Gasteiger partial charge in [0.05, 0.1) is 17.3 Å². The number of benzene rings is 3. The number of aliphatic hydroxyl groups excluding tert-OH is 1. The van der Waals surface area contributed by atoms with Crippen molar-refractivity contribution < 1.29 is 19.8 Å². The lowest BCUT2D eigenvalue weighted by Gasteiger charge is -2.26. The second-order valence-electron chi connectivity index (χ2n) is 7.82. The molecule has 6 nitrogen and oxygen atoms in total. The maximum absolute atomic E-state index is 13.2. The summed E-state index contributed by atoms with van der Waals surface area (Å²) in [5.74, 6) is -1.99. The summed E-state index contributed by atoms with van der Waals surface area (Å²) >= 11 is 0. The summed E-state index contributed by atoms with van der Waals surface area (Å²) in [4.78, 5) is 30.8. The van der Waals surface area contributed by atoms with Gasteiger partial charge in [0.2, 0.25) is 0 Å². The van der Waals surface area contributed by atoms with Crippen molar-refractivity contribution in [3.8, 4) is 5.75 Å². The minimum Gasteiger partial charge on any atom is -0.507 e. The third-order valence-electron chi connectivity index (χ3n) is 5.79. The number of para-hydroxylation sites is 3. The number of nitrogens with zero attached hydrogens (tertiary/aromatic N) is 1. The van der Waals surface area contributed by atoms with Gasteiger partial charge in [-0.2, -0.15) is 0 Å². The van der Waals surface area contributed by atoms with Gasteiger partial charge in [0, 0.05) is 22.7 Å². The molecule has 6 heteroatoms. The fourth-order valence-corrected chi connectivity index (χ4v) is 4.32. The van der Waals surface area contributed by atoms with Crippen LogP contribution in [0.3, 0.4) is 0 Å². The average molecular weight is 424 g/mol. The Morgan fingerprint density at radius 2 is 1.72 bits per heavy atom. The smallest absolute Gasteiger partial charge is 0.300 e. The van der Waals surface area contributed by atoms with Crippen LogP contribution >= 0.6 is 0 Å². The number of phenols is 1. The summed E-state index contributed by atoms with van der Waals surface area (Å²) in [5, 5.41) is 22.5. The quantitative estimate of drug-likeness (QED) is 0.250.